The smallest absolute Gasteiger partial charge is 0.306 e. The monoisotopic (exact) mass is 218 g/mol. The van der Waals surface area contributed by atoms with E-state index in [1.807, 2.05) is 6.92 Å². The van der Waals surface area contributed by atoms with Gasteiger partial charge in [0.05, 0.1) is 18.4 Å². The molecule has 0 fully saturated rings. The number of hydrogen-bond acceptors (Lipinski definition) is 3. The van der Waals surface area contributed by atoms with Gasteiger partial charge in [-0.05, 0) is 6.92 Å². The molecule has 2 N–H and O–H groups in total. The van der Waals surface area contributed by atoms with Crippen molar-refractivity contribution in [3.05, 3.63) is 17.2 Å². The molecule has 78 valence electrons. The van der Waals surface area contributed by atoms with Gasteiger partial charge < -0.3 is 14.8 Å². The van der Waals surface area contributed by atoms with Gasteiger partial charge >= 0.3 is 5.97 Å². The van der Waals surface area contributed by atoms with Crippen LogP contribution in [0, 0.1) is 0 Å². The molecular formula is C8H11ClN2O3. The number of halogens is 1. The number of aliphatic hydroxyl groups is 1. The Morgan fingerprint density at radius 3 is 2.93 bits per heavy atom. The number of carboxylic acid groups (broad SMARTS) is 1. The third kappa shape index (κ3) is 2.24. The first-order chi connectivity index (χ1) is 6.56. The number of aromatic nitrogens is 2. The van der Waals surface area contributed by atoms with E-state index in [0.29, 0.717) is 12.2 Å². The van der Waals surface area contributed by atoms with Crippen molar-refractivity contribution in [1.82, 2.24) is 9.55 Å². The molecule has 0 saturated heterocycles. The molecular weight excluding hydrogens is 208 g/mol. The van der Waals surface area contributed by atoms with Gasteiger partial charge in [0.25, 0.3) is 0 Å². The fourth-order valence-electron chi connectivity index (χ4n) is 1.21. The highest BCUT2D eigenvalue weighted by molar-refractivity contribution is 6.30. The van der Waals surface area contributed by atoms with Crippen LogP contribution in [0.15, 0.2) is 6.33 Å². The van der Waals surface area contributed by atoms with Gasteiger partial charge in [-0.25, -0.2) is 4.98 Å². The van der Waals surface area contributed by atoms with E-state index in [1.54, 1.807) is 4.57 Å². The zero-order valence-electron chi connectivity index (χ0n) is 7.64. The van der Waals surface area contributed by atoms with Gasteiger partial charge in [-0.2, -0.15) is 0 Å². The Kier molecular flexibility index (Phi) is 3.49. The molecule has 0 saturated carbocycles. The molecule has 0 aromatic carbocycles. The molecule has 0 radical (unpaired) electrons. The second-order valence-corrected chi connectivity index (χ2v) is 3.18. The summed E-state index contributed by atoms with van der Waals surface area (Å²) in [6, 6.07) is 0. The van der Waals surface area contributed by atoms with Crippen molar-refractivity contribution in [2.24, 2.45) is 0 Å². The van der Waals surface area contributed by atoms with Crippen LogP contribution >= 0.6 is 11.6 Å². The highest BCUT2D eigenvalue weighted by atomic mass is 35.5. The molecule has 0 unspecified atom stereocenters. The summed E-state index contributed by atoms with van der Waals surface area (Å²) in [4.78, 5) is 14.2. The van der Waals surface area contributed by atoms with E-state index in [4.69, 9.17) is 16.7 Å². The van der Waals surface area contributed by atoms with Crippen molar-refractivity contribution in [3.8, 4) is 0 Å². The van der Waals surface area contributed by atoms with Crippen LogP contribution in [-0.4, -0.2) is 25.7 Å². The molecule has 1 aromatic rings. The zero-order chi connectivity index (χ0) is 10.7. The maximum absolute atomic E-state index is 10.4. The van der Waals surface area contributed by atoms with Gasteiger partial charge in [-0.3, -0.25) is 4.79 Å². The van der Waals surface area contributed by atoms with E-state index < -0.39 is 12.1 Å². The lowest BCUT2D eigenvalue weighted by Gasteiger charge is -2.10. The third-order valence-corrected chi connectivity index (χ3v) is 2.15. The van der Waals surface area contributed by atoms with Crippen molar-refractivity contribution >= 4 is 17.6 Å². The quantitative estimate of drug-likeness (QED) is 0.793. The van der Waals surface area contributed by atoms with Gasteiger partial charge in [0.1, 0.15) is 6.10 Å². The summed E-state index contributed by atoms with van der Waals surface area (Å²) in [5.41, 5.74) is 0.358. The molecule has 1 rings (SSSR count). The fraction of sp³-hybridized carbons (Fsp3) is 0.500. The van der Waals surface area contributed by atoms with Crippen LogP contribution in [0.5, 0.6) is 0 Å². The van der Waals surface area contributed by atoms with Crippen molar-refractivity contribution in [3.63, 3.8) is 0 Å². The molecule has 1 aromatic heterocycles. The maximum atomic E-state index is 10.4. The molecule has 1 heterocycles. The minimum Gasteiger partial charge on any atom is -0.481 e. The standard InChI is InChI=1S/C8H11ClN2O3/c1-2-11-4-10-8(9)7(11)5(12)3-6(13)14/h4-5,12H,2-3H2,1H3,(H,13,14)/t5-/m1/s1. The highest BCUT2D eigenvalue weighted by Gasteiger charge is 2.19. The Balaban J connectivity index is 2.92. The summed E-state index contributed by atoms with van der Waals surface area (Å²) < 4.78 is 1.62. The minimum absolute atomic E-state index is 0.153. The van der Waals surface area contributed by atoms with Gasteiger partial charge in [-0.1, -0.05) is 11.6 Å². The zero-order valence-corrected chi connectivity index (χ0v) is 8.40. The van der Waals surface area contributed by atoms with Crippen LogP contribution in [-0.2, 0) is 11.3 Å². The van der Waals surface area contributed by atoms with Gasteiger partial charge in [0.15, 0.2) is 5.15 Å². The van der Waals surface area contributed by atoms with Gasteiger partial charge in [0, 0.05) is 6.54 Å². The number of aliphatic carboxylic acids is 1. The lowest BCUT2D eigenvalue weighted by molar-refractivity contribution is -0.139. The number of aliphatic hydroxyl groups excluding tert-OH is 1. The summed E-state index contributed by atoms with van der Waals surface area (Å²) in [6.45, 7) is 2.45. The molecule has 0 aliphatic heterocycles. The van der Waals surface area contributed by atoms with Gasteiger partial charge in [-0.15, -0.1) is 0 Å². The largest absolute Gasteiger partial charge is 0.481 e. The van der Waals surface area contributed by atoms with Crippen molar-refractivity contribution in [2.75, 3.05) is 0 Å². The number of aryl methyl sites for hydroxylation is 1. The summed E-state index contributed by atoms with van der Waals surface area (Å²) >= 11 is 5.72. The normalized spacial score (nSPS) is 12.8. The van der Waals surface area contributed by atoms with E-state index >= 15 is 0 Å². The number of hydrogen-bond donors (Lipinski definition) is 2. The van der Waals surface area contributed by atoms with Crippen molar-refractivity contribution in [2.45, 2.75) is 26.0 Å². The summed E-state index contributed by atoms with van der Waals surface area (Å²) in [5, 5.41) is 18.2. The van der Waals surface area contributed by atoms with Crippen molar-refractivity contribution in [1.29, 1.82) is 0 Å². The van der Waals surface area contributed by atoms with E-state index in [1.165, 1.54) is 6.33 Å². The number of rotatable bonds is 4. The summed E-state index contributed by atoms with van der Waals surface area (Å²) in [7, 11) is 0. The first-order valence-corrected chi connectivity index (χ1v) is 4.54. The van der Waals surface area contributed by atoms with Crippen LogP contribution in [0.1, 0.15) is 25.1 Å². The molecule has 0 aliphatic carbocycles. The van der Waals surface area contributed by atoms with E-state index in [9.17, 15) is 9.90 Å². The number of imidazole rings is 1. The van der Waals surface area contributed by atoms with Crippen LogP contribution in [0.3, 0.4) is 0 Å². The Bertz CT molecular complexity index is 337. The minimum atomic E-state index is -1.11. The second-order valence-electron chi connectivity index (χ2n) is 2.82. The molecule has 0 bridgehead atoms. The predicted molar refractivity (Wildman–Crippen MR) is 50.1 cm³/mol. The van der Waals surface area contributed by atoms with Crippen LogP contribution in [0.4, 0.5) is 0 Å². The molecule has 0 aliphatic rings. The number of nitrogens with zero attached hydrogens (tertiary/aromatic N) is 2. The van der Waals surface area contributed by atoms with E-state index in [2.05, 4.69) is 4.98 Å². The molecule has 0 amide bonds. The van der Waals surface area contributed by atoms with E-state index in [0.717, 1.165) is 0 Å². The van der Waals surface area contributed by atoms with Crippen LogP contribution < -0.4 is 0 Å². The molecule has 5 nitrogen and oxygen atoms in total. The first kappa shape index (κ1) is 11.0. The Labute approximate surface area is 85.9 Å². The summed E-state index contributed by atoms with van der Waals surface area (Å²) in [5.74, 6) is -1.07. The molecule has 6 heteroatoms. The summed E-state index contributed by atoms with van der Waals surface area (Å²) in [6.07, 6.45) is -0.00353. The van der Waals surface area contributed by atoms with Gasteiger partial charge in [0.2, 0.25) is 0 Å². The average Bonchev–Trinajstić information content (AvgIpc) is 2.45. The second kappa shape index (κ2) is 4.43. The van der Waals surface area contributed by atoms with Crippen molar-refractivity contribution < 1.29 is 15.0 Å². The topological polar surface area (TPSA) is 75.3 Å². The predicted octanol–water partition coefficient (Wildman–Crippen LogP) is 1.06. The number of carbonyl (C=O) groups is 1. The van der Waals surface area contributed by atoms with Crippen LogP contribution in [0.25, 0.3) is 0 Å². The molecule has 1 atom stereocenters. The maximum Gasteiger partial charge on any atom is 0.306 e. The first-order valence-electron chi connectivity index (χ1n) is 4.16. The lowest BCUT2D eigenvalue weighted by Crippen LogP contribution is -2.10. The molecule has 0 spiro atoms. The Morgan fingerprint density at radius 2 is 2.43 bits per heavy atom. The lowest BCUT2D eigenvalue weighted by atomic mass is 10.2. The highest BCUT2D eigenvalue weighted by Crippen LogP contribution is 2.24. The number of carboxylic acids is 1. The van der Waals surface area contributed by atoms with E-state index in [-0.39, 0.29) is 11.6 Å². The Hall–Kier alpha value is -1.07. The third-order valence-electron chi connectivity index (χ3n) is 1.86. The fourth-order valence-corrected chi connectivity index (χ4v) is 1.49. The SMILES string of the molecule is CCn1cnc(Cl)c1[C@H](O)CC(=O)O. The average molecular weight is 219 g/mol. The van der Waals surface area contributed by atoms with Crippen LogP contribution in [0.2, 0.25) is 5.15 Å². The Morgan fingerprint density at radius 1 is 1.79 bits per heavy atom. The molecule has 14 heavy (non-hydrogen) atoms.